The predicted octanol–water partition coefficient (Wildman–Crippen LogP) is 4.27. The number of aryl methyl sites for hydroxylation is 1. The molecule has 2 aromatic carbocycles. The Labute approximate surface area is 206 Å². The van der Waals surface area contributed by atoms with Crippen LogP contribution in [0.3, 0.4) is 0 Å². The largest absolute Gasteiger partial charge is 0.344 e. The number of nitrogens with zero attached hydrogens (tertiary/aromatic N) is 5. The van der Waals surface area contributed by atoms with Gasteiger partial charge in [0.1, 0.15) is 0 Å². The number of piperidine rings is 1. The summed E-state index contributed by atoms with van der Waals surface area (Å²) in [5.41, 5.74) is 5.56. The SMILES string of the molecule is Cc1cc(-c2ccccc2)ccc1CN1CCN(C(=O)n2cc(C(=O)N3CCCCC3)cn2)CC1. The molecule has 0 spiro atoms. The molecule has 2 amide bonds. The van der Waals surface area contributed by atoms with Crippen LogP contribution in [0.15, 0.2) is 60.9 Å². The van der Waals surface area contributed by atoms with Crippen LogP contribution in [0.4, 0.5) is 4.79 Å². The number of rotatable bonds is 4. The molecule has 7 heteroatoms. The summed E-state index contributed by atoms with van der Waals surface area (Å²) in [5, 5.41) is 4.20. The maximum Gasteiger partial charge on any atom is 0.344 e. The van der Waals surface area contributed by atoms with Crippen molar-refractivity contribution in [1.29, 1.82) is 0 Å². The van der Waals surface area contributed by atoms with Crippen molar-refractivity contribution in [1.82, 2.24) is 24.5 Å². The highest BCUT2D eigenvalue weighted by Crippen LogP contribution is 2.23. The Balaban J connectivity index is 1.15. The first-order valence-corrected chi connectivity index (χ1v) is 12.6. The molecule has 5 rings (SSSR count). The summed E-state index contributed by atoms with van der Waals surface area (Å²) in [7, 11) is 0. The average molecular weight is 472 g/mol. The minimum Gasteiger partial charge on any atom is -0.339 e. The van der Waals surface area contributed by atoms with Gasteiger partial charge in [0.25, 0.3) is 5.91 Å². The van der Waals surface area contributed by atoms with Gasteiger partial charge in [-0.25, -0.2) is 4.79 Å². The third-order valence-corrected chi connectivity index (χ3v) is 7.16. The van der Waals surface area contributed by atoms with E-state index >= 15 is 0 Å². The van der Waals surface area contributed by atoms with Gasteiger partial charge in [-0.3, -0.25) is 9.69 Å². The van der Waals surface area contributed by atoms with Crippen molar-refractivity contribution in [3.8, 4) is 11.1 Å². The Morgan fingerprint density at radius 1 is 0.829 bits per heavy atom. The van der Waals surface area contributed by atoms with Crippen molar-refractivity contribution < 1.29 is 9.59 Å². The summed E-state index contributed by atoms with van der Waals surface area (Å²) in [5.74, 6) is -0.0257. The molecule has 0 radical (unpaired) electrons. The van der Waals surface area contributed by atoms with Crippen molar-refractivity contribution in [2.24, 2.45) is 0 Å². The topological polar surface area (TPSA) is 61.7 Å². The minimum absolute atomic E-state index is 0.0257. The van der Waals surface area contributed by atoms with Crippen molar-refractivity contribution >= 4 is 11.9 Å². The number of carbonyl (C=O) groups excluding carboxylic acids is 2. The quantitative estimate of drug-likeness (QED) is 0.570. The molecule has 7 nitrogen and oxygen atoms in total. The molecule has 2 aliphatic rings. The monoisotopic (exact) mass is 471 g/mol. The third kappa shape index (κ3) is 5.30. The van der Waals surface area contributed by atoms with Gasteiger partial charge in [0.15, 0.2) is 0 Å². The molecule has 3 aromatic rings. The summed E-state index contributed by atoms with van der Waals surface area (Å²) in [6, 6.07) is 16.9. The van der Waals surface area contributed by atoms with Gasteiger partial charge < -0.3 is 9.80 Å². The first kappa shape index (κ1) is 23.3. The summed E-state index contributed by atoms with van der Waals surface area (Å²) in [4.78, 5) is 31.8. The van der Waals surface area contributed by atoms with Crippen LogP contribution in [0.25, 0.3) is 11.1 Å². The van der Waals surface area contributed by atoms with Gasteiger partial charge >= 0.3 is 6.03 Å². The predicted molar refractivity (Wildman–Crippen MR) is 136 cm³/mol. The smallest absolute Gasteiger partial charge is 0.339 e. The molecule has 0 unspecified atom stereocenters. The highest BCUT2D eigenvalue weighted by Gasteiger charge is 2.25. The highest BCUT2D eigenvalue weighted by atomic mass is 16.2. The normalized spacial score (nSPS) is 16.9. The molecule has 1 aromatic heterocycles. The summed E-state index contributed by atoms with van der Waals surface area (Å²) >= 11 is 0. The van der Waals surface area contributed by atoms with Gasteiger partial charge in [0, 0.05) is 52.0 Å². The number of hydrogen-bond acceptors (Lipinski definition) is 4. The molecule has 2 saturated heterocycles. The van der Waals surface area contributed by atoms with E-state index in [9.17, 15) is 9.59 Å². The van der Waals surface area contributed by atoms with E-state index in [0.29, 0.717) is 18.7 Å². The van der Waals surface area contributed by atoms with E-state index in [2.05, 4.69) is 59.4 Å². The number of benzene rings is 2. The molecule has 2 fully saturated rings. The molecule has 0 bridgehead atoms. The molecular formula is C28H33N5O2. The van der Waals surface area contributed by atoms with E-state index in [-0.39, 0.29) is 11.9 Å². The Morgan fingerprint density at radius 3 is 2.29 bits per heavy atom. The van der Waals surface area contributed by atoms with E-state index in [4.69, 9.17) is 0 Å². The fraction of sp³-hybridized carbons (Fsp3) is 0.393. The zero-order valence-corrected chi connectivity index (χ0v) is 20.4. The fourth-order valence-corrected chi connectivity index (χ4v) is 4.98. The van der Waals surface area contributed by atoms with Gasteiger partial charge in [0.2, 0.25) is 0 Å². The van der Waals surface area contributed by atoms with Gasteiger partial charge in [0.05, 0.1) is 11.8 Å². The molecule has 182 valence electrons. The Bertz CT molecular complexity index is 1180. The zero-order valence-electron chi connectivity index (χ0n) is 20.4. The molecule has 2 aliphatic heterocycles. The molecular weight excluding hydrogens is 438 g/mol. The van der Waals surface area contributed by atoms with Crippen LogP contribution in [-0.2, 0) is 6.54 Å². The summed E-state index contributed by atoms with van der Waals surface area (Å²) < 4.78 is 1.32. The maximum absolute atomic E-state index is 13.0. The van der Waals surface area contributed by atoms with Crippen molar-refractivity contribution in [2.75, 3.05) is 39.3 Å². The minimum atomic E-state index is -0.161. The van der Waals surface area contributed by atoms with E-state index in [0.717, 1.165) is 45.6 Å². The maximum atomic E-state index is 13.0. The van der Waals surface area contributed by atoms with Crippen molar-refractivity contribution in [2.45, 2.75) is 32.7 Å². The lowest BCUT2D eigenvalue weighted by atomic mass is 9.99. The van der Waals surface area contributed by atoms with Crippen molar-refractivity contribution in [3.05, 3.63) is 77.6 Å². The zero-order chi connectivity index (χ0) is 24.2. The number of likely N-dealkylation sites (tertiary alicyclic amines) is 1. The number of aromatic nitrogens is 2. The second-order valence-electron chi connectivity index (χ2n) is 9.58. The number of amides is 2. The van der Waals surface area contributed by atoms with Crippen LogP contribution in [-0.4, -0.2) is 75.7 Å². The van der Waals surface area contributed by atoms with Crippen molar-refractivity contribution in [3.63, 3.8) is 0 Å². The van der Waals surface area contributed by atoms with E-state index in [1.807, 2.05) is 15.9 Å². The lowest BCUT2D eigenvalue weighted by molar-refractivity contribution is 0.0724. The number of hydrogen-bond donors (Lipinski definition) is 0. The molecule has 35 heavy (non-hydrogen) atoms. The van der Waals surface area contributed by atoms with E-state index in [1.165, 1.54) is 39.6 Å². The van der Waals surface area contributed by atoms with Crippen LogP contribution >= 0.6 is 0 Å². The molecule has 3 heterocycles. The van der Waals surface area contributed by atoms with E-state index < -0.39 is 0 Å². The van der Waals surface area contributed by atoms with Crippen LogP contribution < -0.4 is 0 Å². The van der Waals surface area contributed by atoms with Gasteiger partial charge in [-0.1, -0.05) is 48.5 Å². The first-order valence-electron chi connectivity index (χ1n) is 12.6. The molecule has 0 N–H and O–H groups in total. The summed E-state index contributed by atoms with van der Waals surface area (Å²) in [6.07, 6.45) is 6.36. The number of carbonyl (C=O) groups is 2. The average Bonchev–Trinajstić information content (AvgIpc) is 3.41. The third-order valence-electron chi connectivity index (χ3n) is 7.16. The standard InChI is InChI=1S/C28H33N5O2/c1-22-18-24(23-8-4-2-5-9-23)10-11-25(22)20-30-14-16-32(17-15-30)28(35)33-21-26(19-29-33)27(34)31-12-6-3-7-13-31/h2,4-5,8-11,18-19,21H,3,6-7,12-17,20H2,1H3. The van der Waals surface area contributed by atoms with Crippen LogP contribution in [0, 0.1) is 6.92 Å². The molecule has 0 saturated carbocycles. The second kappa shape index (κ2) is 10.4. The Hall–Kier alpha value is -3.45. The summed E-state index contributed by atoms with van der Waals surface area (Å²) in [6.45, 7) is 7.54. The van der Waals surface area contributed by atoms with Crippen LogP contribution in [0.1, 0.15) is 40.7 Å². The Morgan fingerprint density at radius 2 is 1.57 bits per heavy atom. The van der Waals surface area contributed by atoms with Crippen LogP contribution in [0.2, 0.25) is 0 Å². The van der Waals surface area contributed by atoms with Gasteiger partial charge in [-0.15, -0.1) is 0 Å². The molecule has 0 atom stereocenters. The first-order chi connectivity index (χ1) is 17.1. The Kier molecular flexibility index (Phi) is 6.95. The fourth-order valence-electron chi connectivity index (χ4n) is 4.98. The van der Waals surface area contributed by atoms with Gasteiger partial charge in [-0.2, -0.15) is 9.78 Å². The highest BCUT2D eigenvalue weighted by molar-refractivity contribution is 5.94. The number of piperazine rings is 1. The van der Waals surface area contributed by atoms with Crippen LogP contribution in [0.5, 0.6) is 0 Å². The van der Waals surface area contributed by atoms with Gasteiger partial charge in [-0.05, 0) is 48.4 Å². The second-order valence-corrected chi connectivity index (χ2v) is 9.58. The lowest BCUT2D eigenvalue weighted by Crippen LogP contribution is -2.49. The lowest BCUT2D eigenvalue weighted by Gasteiger charge is -2.34. The molecule has 0 aliphatic carbocycles. The van der Waals surface area contributed by atoms with E-state index in [1.54, 1.807) is 6.20 Å².